The summed E-state index contributed by atoms with van der Waals surface area (Å²) >= 11 is 0. The molecule has 8 heteroatoms. The molecular formula is C27H41N3O5. The Balaban J connectivity index is 3.42. The Morgan fingerprint density at radius 1 is 1.11 bits per heavy atom. The molecule has 194 valence electrons. The lowest BCUT2D eigenvalue weighted by Gasteiger charge is -2.34. The fourth-order valence-electron chi connectivity index (χ4n) is 3.54. The van der Waals surface area contributed by atoms with Gasteiger partial charge in [-0.1, -0.05) is 57.2 Å². The summed E-state index contributed by atoms with van der Waals surface area (Å²) in [5.41, 5.74) is 0.237. The molecule has 0 heterocycles. The summed E-state index contributed by atoms with van der Waals surface area (Å²) in [6.45, 7) is 9.22. The van der Waals surface area contributed by atoms with Crippen LogP contribution in [-0.2, 0) is 14.3 Å². The van der Waals surface area contributed by atoms with E-state index in [-0.39, 0.29) is 12.5 Å². The van der Waals surface area contributed by atoms with Crippen molar-refractivity contribution in [3.05, 3.63) is 35.4 Å². The van der Waals surface area contributed by atoms with Crippen LogP contribution in [0.5, 0.6) is 0 Å². The predicted octanol–water partition coefficient (Wildman–Crippen LogP) is 3.53. The molecule has 35 heavy (non-hydrogen) atoms. The quantitative estimate of drug-likeness (QED) is 0.291. The standard InChI is InChI=1S/C27H41N3O5/c1-7-10-14-18-30(25(33)22(19-31)29-26(34)35-27(4,5)6)23(24(32)28-17-11-8-2)21-16-13-12-15-20(21)9-3/h3,12-13,15-16,22-23,31H,7-8,10-11,14,17-19H2,1-2,4-6H3,(H,28,32)(H,29,34). The van der Waals surface area contributed by atoms with E-state index < -0.39 is 36.3 Å². The van der Waals surface area contributed by atoms with Gasteiger partial charge >= 0.3 is 6.09 Å². The van der Waals surface area contributed by atoms with E-state index in [9.17, 15) is 19.5 Å². The summed E-state index contributed by atoms with van der Waals surface area (Å²) in [7, 11) is 0. The summed E-state index contributed by atoms with van der Waals surface area (Å²) in [6, 6.07) is 4.69. The van der Waals surface area contributed by atoms with E-state index in [1.165, 1.54) is 4.90 Å². The number of rotatable bonds is 13. The third-order valence-corrected chi connectivity index (χ3v) is 5.26. The highest BCUT2D eigenvalue weighted by Crippen LogP contribution is 2.26. The fraction of sp³-hybridized carbons (Fsp3) is 0.593. The molecule has 0 saturated carbocycles. The number of hydrogen-bond donors (Lipinski definition) is 3. The van der Waals surface area contributed by atoms with Gasteiger partial charge in [0.15, 0.2) is 0 Å². The van der Waals surface area contributed by atoms with Gasteiger partial charge in [0, 0.05) is 18.7 Å². The minimum absolute atomic E-state index is 0.254. The molecule has 3 amide bonds. The van der Waals surface area contributed by atoms with Crippen molar-refractivity contribution < 1.29 is 24.2 Å². The number of alkyl carbamates (subject to hydrolysis) is 1. The van der Waals surface area contributed by atoms with Crippen LogP contribution in [0, 0.1) is 12.3 Å². The molecule has 8 nitrogen and oxygen atoms in total. The molecular weight excluding hydrogens is 446 g/mol. The zero-order chi connectivity index (χ0) is 26.4. The Hall–Kier alpha value is -3.05. The van der Waals surface area contributed by atoms with E-state index in [2.05, 4.69) is 16.6 Å². The first-order chi connectivity index (χ1) is 16.6. The number of aliphatic hydroxyl groups excluding tert-OH is 1. The molecule has 1 aromatic carbocycles. The second-order valence-corrected chi connectivity index (χ2v) is 9.40. The number of carbonyl (C=O) groups is 3. The van der Waals surface area contributed by atoms with Crippen molar-refractivity contribution in [3.63, 3.8) is 0 Å². The molecule has 2 unspecified atom stereocenters. The number of carbonyl (C=O) groups excluding carboxylic acids is 3. The average molecular weight is 488 g/mol. The molecule has 2 atom stereocenters. The van der Waals surface area contributed by atoms with Crippen molar-refractivity contribution in [1.29, 1.82) is 0 Å². The zero-order valence-corrected chi connectivity index (χ0v) is 21.7. The largest absolute Gasteiger partial charge is 0.444 e. The highest BCUT2D eigenvalue weighted by Gasteiger charge is 2.36. The highest BCUT2D eigenvalue weighted by molar-refractivity contribution is 5.92. The van der Waals surface area contributed by atoms with E-state index in [1.54, 1.807) is 45.0 Å². The van der Waals surface area contributed by atoms with Gasteiger partial charge in [-0.25, -0.2) is 4.79 Å². The minimum atomic E-state index is -1.28. The van der Waals surface area contributed by atoms with Gasteiger partial charge in [0.05, 0.1) is 6.61 Å². The molecule has 0 radical (unpaired) electrons. The molecule has 0 bridgehead atoms. The number of terminal acetylenes is 1. The van der Waals surface area contributed by atoms with Crippen LogP contribution in [0.1, 0.15) is 83.9 Å². The van der Waals surface area contributed by atoms with Gasteiger partial charge in [-0.05, 0) is 45.2 Å². The van der Waals surface area contributed by atoms with Crippen LogP contribution in [-0.4, -0.2) is 59.3 Å². The van der Waals surface area contributed by atoms with Crippen molar-refractivity contribution in [3.8, 4) is 12.3 Å². The lowest BCUT2D eigenvalue weighted by Crippen LogP contribution is -2.54. The second-order valence-electron chi connectivity index (χ2n) is 9.40. The Labute approximate surface area is 209 Å². The molecule has 1 rings (SSSR count). The number of nitrogens with zero attached hydrogens (tertiary/aromatic N) is 1. The van der Waals surface area contributed by atoms with Crippen LogP contribution < -0.4 is 10.6 Å². The lowest BCUT2D eigenvalue weighted by molar-refractivity contribution is -0.143. The van der Waals surface area contributed by atoms with Crippen molar-refractivity contribution in [2.24, 2.45) is 0 Å². The van der Waals surface area contributed by atoms with E-state index in [1.807, 2.05) is 13.8 Å². The van der Waals surface area contributed by atoms with Gasteiger partial charge in [-0.15, -0.1) is 6.42 Å². The van der Waals surface area contributed by atoms with Crippen LogP contribution in [0.2, 0.25) is 0 Å². The molecule has 1 aromatic rings. The Bertz CT molecular complexity index is 872. The van der Waals surface area contributed by atoms with Gasteiger partial charge < -0.3 is 25.4 Å². The van der Waals surface area contributed by atoms with Crippen LogP contribution >= 0.6 is 0 Å². The number of aliphatic hydroxyl groups is 1. The minimum Gasteiger partial charge on any atom is -0.444 e. The predicted molar refractivity (Wildman–Crippen MR) is 137 cm³/mol. The molecule has 0 spiro atoms. The molecule has 0 aliphatic heterocycles. The summed E-state index contributed by atoms with van der Waals surface area (Å²) in [4.78, 5) is 40.9. The van der Waals surface area contributed by atoms with E-state index >= 15 is 0 Å². The Morgan fingerprint density at radius 2 is 1.77 bits per heavy atom. The maximum absolute atomic E-state index is 13.7. The number of unbranched alkanes of at least 4 members (excludes halogenated alkanes) is 3. The summed E-state index contributed by atoms with van der Waals surface area (Å²) < 4.78 is 5.26. The Morgan fingerprint density at radius 3 is 2.34 bits per heavy atom. The topological polar surface area (TPSA) is 108 Å². The maximum Gasteiger partial charge on any atom is 0.408 e. The smallest absolute Gasteiger partial charge is 0.408 e. The molecule has 0 fully saturated rings. The molecule has 3 N–H and O–H groups in total. The molecule has 0 aromatic heterocycles. The number of ether oxygens (including phenoxy) is 1. The van der Waals surface area contributed by atoms with Crippen molar-refractivity contribution in [1.82, 2.24) is 15.5 Å². The number of hydrogen-bond acceptors (Lipinski definition) is 5. The average Bonchev–Trinajstić information content (AvgIpc) is 2.80. The van der Waals surface area contributed by atoms with Gasteiger partial charge in [-0.3, -0.25) is 9.59 Å². The number of nitrogens with one attached hydrogen (secondary N) is 2. The van der Waals surface area contributed by atoms with Crippen molar-refractivity contribution >= 4 is 17.9 Å². The fourth-order valence-corrected chi connectivity index (χ4v) is 3.54. The third kappa shape index (κ3) is 9.99. The van der Waals surface area contributed by atoms with Crippen molar-refractivity contribution in [2.45, 2.75) is 84.4 Å². The first-order valence-electron chi connectivity index (χ1n) is 12.3. The van der Waals surface area contributed by atoms with Crippen LogP contribution in [0.4, 0.5) is 4.79 Å². The van der Waals surface area contributed by atoms with Gasteiger partial charge in [0.1, 0.15) is 17.7 Å². The summed E-state index contributed by atoms with van der Waals surface area (Å²) in [5, 5.41) is 15.3. The number of amides is 3. The molecule has 0 aliphatic rings. The first kappa shape index (κ1) is 30.0. The number of benzene rings is 1. The van der Waals surface area contributed by atoms with Crippen molar-refractivity contribution in [2.75, 3.05) is 19.7 Å². The SMILES string of the molecule is C#Cc1ccccc1C(C(=O)NCCCC)N(CCCCC)C(=O)C(CO)NC(=O)OC(C)(C)C. The summed E-state index contributed by atoms with van der Waals surface area (Å²) in [6.07, 6.45) is 8.98. The Kier molecular flexibility index (Phi) is 12.9. The third-order valence-electron chi connectivity index (χ3n) is 5.26. The maximum atomic E-state index is 13.7. The van der Waals surface area contributed by atoms with Gasteiger partial charge in [-0.2, -0.15) is 0 Å². The highest BCUT2D eigenvalue weighted by atomic mass is 16.6. The molecule has 0 aliphatic carbocycles. The van der Waals surface area contributed by atoms with E-state index in [4.69, 9.17) is 11.2 Å². The van der Waals surface area contributed by atoms with Crippen LogP contribution in [0.25, 0.3) is 0 Å². The van der Waals surface area contributed by atoms with Gasteiger partial charge in [0.25, 0.3) is 0 Å². The van der Waals surface area contributed by atoms with Crippen LogP contribution in [0.15, 0.2) is 24.3 Å². The zero-order valence-electron chi connectivity index (χ0n) is 21.7. The van der Waals surface area contributed by atoms with Crippen LogP contribution in [0.3, 0.4) is 0 Å². The monoisotopic (exact) mass is 487 g/mol. The van der Waals surface area contributed by atoms with Gasteiger partial charge in [0.2, 0.25) is 11.8 Å². The van der Waals surface area contributed by atoms with E-state index in [0.29, 0.717) is 24.1 Å². The lowest BCUT2D eigenvalue weighted by atomic mass is 9.97. The second kappa shape index (κ2) is 15.0. The first-order valence-corrected chi connectivity index (χ1v) is 12.3. The van der Waals surface area contributed by atoms with E-state index in [0.717, 1.165) is 25.7 Å². The normalized spacial score (nSPS) is 12.7. The summed E-state index contributed by atoms with van der Waals surface area (Å²) in [5.74, 6) is 1.66. The molecule has 0 saturated heterocycles.